The quantitative estimate of drug-likeness (QED) is 0.783. The van der Waals surface area contributed by atoms with Gasteiger partial charge in [-0.15, -0.1) is 0 Å². The first-order valence-corrected chi connectivity index (χ1v) is 8.18. The lowest BCUT2D eigenvalue weighted by Crippen LogP contribution is -2.52. The highest BCUT2D eigenvalue weighted by Gasteiger charge is 2.41. The summed E-state index contributed by atoms with van der Waals surface area (Å²) < 4.78 is 5.98. The molecule has 3 rings (SSSR count). The van der Waals surface area contributed by atoms with Gasteiger partial charge < -0.3 is 15.4 Å². The van der Waals surface area contributed by atoms with Crippen molar-refractivity contribution in [1.82, 2.24) is 10.6 Å². The Morgan fingerprint density at radius 1 is 1.44 bits per heavy atom. The zero-order valence-electron chi connectivity index (χ0n) is 10.7. The van der Waals surface area contributed by atoms with Crippen molar-refractivity contribution in [3.8, 4) is 0 Å². The average Bonchev–Trinajstić information content (AvgIpc) is 3.01. The standard InChI is InChI=1S/C13H22N2O2S/c16-12(11-2-1-5-14-11)15-10-3-6-17-13(8-10)4-7-18-9-13/h10-11,14H,1-9H2,(H,15,16). The van der Waals surface area contributed by atoms with Crippen molar-refractivity contribution in [2.24, 2.45) is 0 Å². The van der Waals surface area contributed by atoms with E-state index in [4.69, 9.17) is 4.74 Å². The van der Waals surface area contributed by atoms with Crippen molar-refractivity contribution in [2.45, 2.75) is 49.8 Å². The van der Waals surface area contributed by atoms with Gasteiger partial charge in [-0.05, 0) is 44.4 Å². The molecule has 3 saturated heterocycles. The summed E-state index contributed by atoms with van der Waals surface area (Å²) in [7, 11) is 0. The molecular weight excluding hydrogens is 248 g/mol. The first-order chi connectivity index (χ1) is 8.77. The smallest absolute Gasteiger partial charge is 0.237 e. The number of thioether (sulfide) groups is 1. The Morgan fingerprint density at radius 2 is 2.39 bits per heavy atom. The minimum Gasteiger partial charge on any atom is -0.374 e. The van der Waals surface area contributed by atoms with Crippen LogP contribution in [0.2, 0.25) is 0 Å². The summed E-state index contributed by atoms with van der Waals surface area (Å²) in [5.41, 5.74) is 0.0595. The summed E-state index contributed by atoms with van der Waals surface area (Å²) in [6, 6.07) is 0.356. The second kappa shape index (κ2) is 5.39. The van der Waals surface area contributed by atoms with Gasteiger partial charge in [-0.2, -0.15) is 11.8 Å². The van der Waals surface area contributed by atoms with E-state index in [0.29, 0.717) is 6.04 Å². The van der Waals surface area contributed by atoms with Crippen LogP contribution in [0.3, 0.4) is 0 Å². The monoisotopic (exact) mass is 270 g/mol. The predicted octanol–water partition coefficient (Wildman–Crippen LogP) is 0.909. The Labute approximate surface area is 113 Å². The molecule has 2 N–H and O–H groups in total. The molecule has 3 aliphatic heterocycles. The Bertz CT molecular complexity index is 312. The van der Waals surface area contributed by atoms with E-state index in [1.807, 2.05) is 11.8 Å². The van der Waals surface area contributed by atoms with Crippen LogP contribution in [0.1, 0.15) is 32.1 Å². The topological polar surface area (TPSA) is 50.4 Å². The normalized spacial score (nSPS) is 40.2. The summed E-state index contributed by atoms with van der Waals surface area (Å²) in [6.45, 7) is 1.77. The molecule has 3 heterocycles. The Hall–Kier alpha value is -0.260. The first-order valence-electron chi connectivity index (χ1n) is 7.03. The molecule has 0 bridgehead atoms. The molecule has 0 aromatic rings. The molecule has 0 saturated carbocycles. The number of rotatable bonds is 2. The van der Waals surface area contributed by atoms with Crippen LogP contribution >= 0.6 is 11.8 Å². The van der Waals surface area contributed by atoms with E-state index in [0.717, 1.165) is 51.0 Å². The van der Waals surface area contributed by atoms with Crippen molar-refractivity contribution >= 4 is 17.7 Å². The van der Waals surface area contributed by atoms with Crippen molar-refractivity contribution in [1.29, 1.82) is 0 Å². The average molecular weight is 270 g/mol. The van der Waals surface area contributed by atoms with E-state index in [-0.39, 0.29) is 17.6 Å². The van der Waals surface area contributed by atoms with Crippen LogP contribution in [0, 0.1) is 0 Å². The molecular formula is C13H22N2O2S. The maximum atomic E-state index is 12.1. The molecule has 0 aromatic heterocycles. The summed E-state index contributed by atoms with van der Waals surface area (Å²) in [5, 5.41) is 6.48. The van der Waals surface area contributed by atoms with Gasteiger partial charge in [0, 0.05) is 18.4 Å². The zero-order chi connectivity index (χ0) is 12.4. The zero-order valence-corrected chi connectivity index (χ0v) is 11.6. The number of hydrogen-bond donors (Lipinski definition) is 2. The maximum absolute atomic E-state index is 12.1. The van der Waals surface area contributed by atoms with Gasteiger partial charge in [-0.3, -0.25) is 4.79 Å². The third kappa shape index (κ3) is 2.68. The summed E-state index contributed by atoms with van der Waals surface area (Å²) in [6.07, 6.45) is 5.21. The molecule has 4 nitrogen and oxygen atoms in total. The van der Waals surface area contributed by atoms with E-state index >= 15 is 0 Å². The molecule has 18 heavy (non-hydrogen) atoms. The van der Waals surface area contributed by atoms with Crippen molar-refractivity contribution < 1.29 is 9.53 Å². The number of nitrogens with one attached hydrogen (secondary N) is 2. The minimum absolute atomic E-state index is 0.0433. The molecule has 3 unspecified atom stereocenters. The lowest BCUT2D eigenvalue weighted by Gasteiger charge is -2.38. The summed E-state index contributed by atoms with van der Waals surface area (Å²) >= 11 is 1.98. The fourth-order valence-electron chi connectivity index (χ4n) is 3.22. The molecule has 3 fully saturated rings. The molecule has 0 aromatic carbocycles. The predicted molar refractivity (Wildman–Crippen MR) is 72.8 cm³/mol. The third-order valence-electron chi connectivity index (χ3n) is 4.28. The highest BCUT2D eigenvalue weighted by molar-refractivity contribution is 7.99. The Balaban J connectivity index is 1.54. The van der Waals surface area contributed by atoms with Crippen molar-refractivity contribution in [2.75, 3.05) is 24.7 Å². The van der Waals surface area contributed by atoms with Crippen LogP contribution in [-0.4, -0.2) is 48.2 Å². The fourth-order valence-corrected chi connectivity index (χ4v) is 4.60. The first kappa shape index (κ1) is 12.8. The SMILES string of the molecule is O=C(NC1CCOC2(CCSC2)C1)C1CCCN1. The summed E-state index contributed by atoms with van der Waals surface area (Å²) in [5.74, 6) is 2.49. The van der Waals surface area contributed by atoms with Crippen LogP contribution in [0.4, 0.5) is 0 Å². The number of hydrogen-bond acceptors (Lipinski definition) is 4. The largest absolute Gasteiger partial charge is 0.374 e. The number of carbonyl (C=O) groups is 1. The number of amides is 1. The van der Waals surface area contributed by atoms with E-state index in [2.05, 4.69) is 10.6 Å². The van der Waals surface area contributed by atoms with Crippen LogP contribution in [-0.2, 0) is 9.53 Å². The Kier molecular flexibility index (Phi) is 3.82. The van der Waals surface area contributed by atoms with Crippen LogP contribution in [0.5, 0.6) is 0 Å². The lowest BCUT2D eigenvalue weighted by molar-refractivity contribution is -0.126. The second-order valence-corrected chi connectivity index (χ2v) is 6.79. The molecule has 1 amide bonds. The second-order valence-electron chi connectivity index (χ2n) is 5.68. The van der Waals surface area contributed by atoms with Gasteiger partial charge in [0.15, 0.2) is 0 Å². The molecule has 5 heteroatoms. The van der Waals surface area contributed by atoms with Gasteiger partial charge in [0.05, 0.1) is 11.6 Å². The van der Waals surface area contributed by atoms with Crippen molar-refractivity contribution in [3.63, 3.8) is 0 Å². The molecule has 0 aliphatic carbocycles. The van der Waals surface area contributed by atoms with E-state index in [1.165, 1.54) is 5.75 Å². The Morgan fingerprint density at radius 3 is 3.11 bits per heavy atom. The molecule has 3 atom stereocenters. The minimum atomic E-state index is 0.0433. The van der Waals surface area contributed by atoms with Gasteiger partial charge >= 0.3 is 0 Å². The maximum Gasteiger partial charge on any atom is 0.237 e. The number of carbonyl (C=O) groups excluding carboxylic acids is 1. The van der Waals surface area contributed by atoms with Gasteiger partial charge in [0.2, 0.25) is 5.91 Å². The van der Waals surface area contributed by atoms with Crippen LogP contribution in [0.25, 0.3) is 0 Å². The molecule has 0 radical (unpaired) electrons. The van der Waals surface area contributed by atoms with Crippen molar-refractivity contribution in [3.05, 3.63) is 0 Å². The van der Waals surface area contributed by atoms with Crippen LogP contribution < -0.4 is 10.6 Å². The van der Waals surface area contributed by atoms with E-state index in [1.54, 1.807) is 0 Å². The van der Waals surface area contributed by atoms with Crippen LogP contribution in [0.15, 0.2) is 0 Å². The van der Waals surface area contributed by atoms with Gasteiger partial charge in [0.25, 0.3) is 0 Å². The fraction of sp³-hybridized carbons (Fsp3) is 0.923. The van der Waals surface area contributed by atoms with Gasteiger partial charge in [0.1, 0.15) is 0 Å². The van der Waals surface area contributed by atoms with Gasteiger partial charge in [-0.25, -0.2) is 0 Å². The summed E-state index contributed by atoms with van der Waals surface area (Å²) in [4.78, 5) is 12.1. The number of ether oxygens (including phenoxy) is 1. The molecule has 1 spiro atoms. The van der Waals surface area contributed by atoms with Gasteiger partial charge in [-0.1, -0.05) is 0 Å². The van der Waals surface area contributed by atoms with E-state index < -0.39 is 0 Å². The third-order valence-corrected chi connectivity index (χ3v) is 5.51. The van der Waals surface area contributed by atoms with E-state index in [9.17, 15) is 4.79 Å². The molecule has 102 valence electrons. The molecule has 3 aliphatic rings. The highest BCUT2D eigenvalue weighted by atomic mass is 32.2. The lowest BCUT2D eigenvalue weighted by atomic mass is 9.89. The highest BCUT2D eigenvalue weighted by Crippen LogP contribution is 2.38.